The van der Waals surface area contributed by atoms with E-state index in [9.17, 15) is 9.59 Å². The Morgan fingerprint density at radius 1 is 0.900 bits per heavy atom. The van der Waals surface area contributed by atoms with Crippen molar-refractivity contribution in [2.75, 3.05) is 24.7 Å². The standard InChI is InChI=1S/C12H18N4O4/c1-3-5-19-11(17)7-9(13)16-8(10(14)15-7)12(18)20-6-4-2/h3-6H2,1-2H3,(H2,14,15)(H2,13,16). The number of aromatic nitrogens is 2. The zero-order valence-corrected chi connectivity index (χ0v) is 11.5. The van der Waals surface area contributed by atoms with E-state index in [0.29, 0.717) is 12.8 Å². The number of nitrogens with zero attached hydrogens (tertiary/aromatic N) is 2. The Morgan fingerprint density at radius 2 is 1.25 bits per heavy atom. The molecule has 8 heteroatoms. The van der Waals surface area contributed by atoms with Gasteiger partial charge in [0.1, 0.15) is 0 Å². The predicted octanol–water partition coefficient (Wildman–Crippen LogP) is 0.775. The summed E-state index contributed by atoms with van der Waals surface area (Å²) < 4.78 is 9.77. The van der Waals surface area contributed by atoms with Crippen molar-refractivity contribution in [1.29, 1.82) is 0 Å². The SMILES string of the molecule is CCCOC(=O)c1nc(N)c(C(=O)OCCC)nc1N. The van der Waals surface area contributed by atoms with Crippen LogP contribution < -0.4 is 11.5 Å². The number of esters is 2. The van der Waals surface area contributed by atoms with E-state index < -0.39 is 11.9 Å². The molecular weight excluding hydrogens is 264 g/mol. The number of rotatable bonds is 6. The second-order valence-electron chi connectivity index (χ2n) is 3.96. The second-order valence-corrected chi connectivity index (χ2v) is 3.96. The molecular formula is C12H18N4O4. The minimum absolute atomic E-state index is 0.206. The normalized spacial score (nSPS) is 10.1. The van der Waals surface area contributed by atoms with E-state index in [2.05, 4.69) is 9.97 Å². The lowest BCUT2D eigenvalue weighted by Crippen LogP contribution is -2.19. The van der Waals surface area contributed by atoms with E-state index in [1.165, 1.54) is 0 Å². The zero-order valence-electron chi connectivity index (χ0n) is 11.5. The first-order chi connectivity index (χ1) is 9.51. The smallest absolute Gasteiger partial charge is 0.360 e. The predicted molar refractivity (Wildman–Crippen MR) is 72.0 cm³/mol. The molecule has 0 spiro atoms. The molecule has 0 unspecified atom stereocenters. The van der Waals surface area contributed by atoms with Crippen LogP contribution in [0.2, 0.25) is 0 Å². The minimum Gasteiger partial charge on any atom is -0.461 e. The van der Waals surface area contributed by atoms with Crippen molar-refractivity contribution in [3.05, 3.63) is 11.4 Å². The van der Waals surface area contributed by atoms with Gasteiger partial charge < -0.3 is 20.9 Å². The monoisotopic (exact) mass is 282 g/mol. The summed E-state index contributed by atoms with van der Waals surface area (Å²) in [7, 11) is 0. The van der Waals surface area contributed by atoms with Gasteiger partial charge in [-0.3, -0.25) is 0 Å². The molecule has 0 aliphatic heterocycles. The van der Waals surface area contributed by atoms with Crippen LogP contribution in [0.5, 0.6) is 0 Å². The van der Waals surface area contributed by atoms with Crippen molar-refractivity contribution in [2.24, 2.45) is 0 Å². The zero-order chi connectivity index (χ0) is 15.1. The lowest BCUT2D eigenvalue weighted by atomic mass is 10.3. The van der Waals surface area contributed by atoms with Crippen LogP contribution in [0, 0.1) is 0 Å². The van der Waals surface area contributed by atoms with E-state index in [-0.39, 0.29) is 36.2 Å². The van der Waals surface area contributed by atoms with Crippen LogP contribution in [0.4, 0.5) is 11.6 Å². The van der Waals surface area contributed by atoms with Crippen molar-refractivity contribution in [1.82, 2.24) is 9.97 Å². The number of hydrogen-bond donors (Lipinski definition) is 2. The molecule has 0 bridgehead atoms. The Labute approximate surface area is 116 Å². The van der Waals surface area contributed by atoms with Crippen molar-refractivity contribution < 1.29 is 19.1 Å². The first-order valence-corrected chi connectivity index (χ1v) is 6.28. The van der Waals surface area contributed by atoms with E-state index in [1.807, 2.05) is 13.8 Å². The molecule has 1 aromatic rings. The summed E-state index contributed by atoms with van der Waals surface area (Å²) in [5.74, 6) is -1.89. The molecule has 1 aromatic heterocycles. The molecule has 0 aliphatic rings. The quantitative estimate of drug-likeness (QED) is 0.731. The molecule has 0 radical (unpaired) electrons. The number of carbonyl (C=O) groups excluding carboxylic acids is 2. The second kappa shape index (κ2) is 7.27. The van der Waals surface area contributed by atoms with Crippen LogP contribution in [0.15, 0.2) is 0 Å². The Hall–Kier alpha value is -2.38. The third-order valence-corrected chi connectivity index (χ3v) is 2.21. The Kier molecular flexibility index (Phi) is 5.70. The van der Waals surface area contributed by atoms with Crippen molar-refractivity contribution >= 4 is 23.6 Å². The van der Waals surface area contributed by atoms with Gasteiger partial charge in [0.15, 0.2) is 23.0 Å². The van der Waals surface area contributed by atoms with Crippen LogP contribution in [0.1, 0.15) is 47.7 Å². The molecule has 110 valence electrons. The van der Waals surface area contributed by atoms with Gasteiger partial charge in [0, 0.05) is 0 Å². The first-order valence-electron chi connectivity index (χ1n) is 6.28. The molecule has 0 atom stereocenters. The molecule has 0 aliphatic carbocycles. The third kappa shape index (κ3) is 3.81. The maximum absolute atomic E-state index is 11.7. The fraction of sp³-hybridized carbons (Fsp3) is 0.500. The van der Waals surface area contributed by atoms with Gasteiger partial charge in [0.25, 0.3) is 0 Å². The van der Waals surface area contributed by atoms with Gasteiger partial charge in [0.05, 0.1) is 13.2 Å². The summed E-state index contributed by atoms with van der Waals surface area (Å²) in [5.41, 5.74) is 10.8. The van der Waals surface area contributed by atoms with Gasteiger partial charge in [-0.1, -0.05) is 13.8 Å². The molecule has 0 saturated heterocycles. The van der Waals surface area contributed by atoms with Crippen molar-refractivity contribution in [3.63, 3.8) is 0 Å². The lowest BCUT2D eigenvalue weighted by molar-refractivity contribution is 0.0482. The fourth-order valence-corrected chi connectivity index (χ4v) is 1.29. The molecule has 0 saturated carbocycles. The maximum Gasteiger partial charge on any atom is 0.360 e. The van der Waals surface area contributed by atoms with Crippen LogP contribution in [0.3, 0.4) is 0 Å². The number of ether oxygens (including phenoxy) is 2. The van der Waals surface area contributed by atoms with Crippen molar-refractivity contribution in [3.8, 4) is 0 Å². The van der Waals surface area contributed by atoms with E-state index in [4.69, 9.17) is 20.9 Å². The average Bonchev–Trinajstić information content (AvgIpc) is 2.44. The van der Waals surface area contributed by atoms with Crippen LogP contribution >= 0.6 is 0 Å². The Balaban J connectivity index is 2.96. The first kappa shape index (κ1) is 15.7. The number of nitrogen functional groups attached to an aromatic ring is 2. The minimum atomic E-state index is -0.725. The number of hydrogen-bond acceptors (Lipinski definition) is 8. The summed E-state index contributed by atoms with van der Waals surface area (Å²) in [5, 5.41) is 0. The maximum atomic E-state index is 11.7. The number of nitrogens with two attached hydrogens (primary N) is 2. The highest BCUT2D eigenvalue weighted by atomic mass is 16.5. The molecule has 0 aromatic carbocycles. The van der Waals surface area contributed by atoms with Gasteiger partial charge in [-0.25, -0.2) is 19.6 Å². The fourth-order valence-electron chi connectivity index (χ4n) is 1.29. The summed E-state index contributed by atoms with van der Waals surface area (Å²) in [6.45, 7) is 4.17. The van der Waals surface area contributed by atoms with Crippen LogP contribution in [-0.2, 0) is 9.47 Å². The topological polar surface area (TPSA) is 130 Å². The number of carbonyl (C=O) groups is 2. The molecule has 20 heavy (non-hydrogen) atoms. The summed E-state index contributed by atoms with van der Waals surface area (Å²) in [6.07, 6.45) is 1.33. The van der Waals surface area contributed by atoms with E-state index in [1.54, 1.807) is 0 Å². The highest BCUT2D eigenvalue weighted by Gasteiger charge is 2.21. The Morgan fingerprint density at radius 3 is 1.55 bits per heavy atom. The summed E-state index contributed by atoms with van der Waals surface area (Å²) in [4.78, 5) is 30.8. The largest absolute Gasteiger partial charge is 0.461 e. The molecule has 1 rings (SSSR count). The summed E-state index contributed by atoms with van der Waals surface area (Å²) in [6, 6.07) is 0. The van der Waals surface area contributed by atoms with Gasteiger partial charge in [-0.05, 0) is 12.8 Å². The molecule has 0 amide bonds. The van der Waals surface area contributed by atoms with E-state index in [0.717, 1.165) is 0 Å². The molecule has 4 N–H and O–H groups in total. The highest BCUT2D eigenvalue weighted by Crippen LogP contribution is 2.15. The van der Waals surface area contributed by atoms with Crippen LogP contribution in [-0.4, -0.2) is 35.1 Å². The van der Waals surface area contributed by atoms with Gasteiger partial charge in [0.2, 0.25) is 0 Å². The van der Waals surface area contributed by atoms with E-state index >= 15 is 0 Å². The van der Waals surface area contributed by atoms with Gasteiger partial charge in [-0.2, -0.15) is 0 Å². The molecule has 0 fully saturated rings. The summed E-state index contributed by atoms with van der Waals surface area (Å²) >= 11 is 0. The van der Waals surface area contributed by atoms with Gasteiger partial charge >= 0.3 is 11.9 Å². The number of anilines is 2. The van der Waals surface area contributed by atoms with Gasteiger partial charge in [-0.15, -0.1) is 0 Å². The highest BCUT2D eigenvalue weighted by molar-refractivity contribution is 5.96. The molecule has 1 heterocycles. The third-order valence-electron chi connectivity index (χ3n) is 2.21. The molecule has 8 nitrogen and oxygen atoms in total. The van der Waals surface area contributed by atoms with Crippen LogP contribution in [0.25, 0.3) is 0 Å². The average molecular weight is 282 g/mol. The van der Waals surface area contributed by atoms with Crippen molar-refractivity contribution in [2.45, 2.75) is 26.7 Å². The lowest BCUT2D eigenvalue weighted by Gasteiger charge is -2.09. The Bertz CT molecular complexity index is 459.